The summed E-state index contributed by atoms with van der Waals surface area (Å²) >= 11 is 0. The smallest absolute Gasteiger partial charge is 0.00511 e. The van der Waals surface area contributed by atoms with Gasteiger partial charge in [-0.25, -0.2) is 0 Å². The third-order valence-corrected chi connectivity index (χ3v) is 3.69. The largest absolute Gasteiger partial charge is 0.0998 e. The second-order valence-electron chi connectivity index (χ2n) is 4.93. The molecule has 1 aliphatic rings. The Morgan fingerprint density at radius 2 is 1.94 bits per heavy atom. The van der Waals surface area contributed by atoms with Crippen LogP contribution in [0.3, 0.4) is 0 Å². The molecule has 0 spiro atoms. The molecule has 0 N–H and O–H groups in total. The van der Waals surface area contributed by atoms with Gasteiger partial charge in [-0.1, -0.05) is 54.1 Å². The minimum absolute atomic E-state index is 0.594. The van der Waals surface area contributed by atoms with E-state index in [4.69, 9.17) is 0 Å². The molecule has 0 aliphatic heterocycles. The van der Waals surface area contributed by atoms with Gasteiger partial charge < -0.3 is 0 Å². The van der Waals surface area contributed by atoms with E-state index in [9.17, 15) is 0 Å². The van der Waals surface area contributed by atoms with E-state index in [-0.39, 0.29) is 0 Å². The Morgan fingerprint density at radius 3 is 2.56 bits per heavy atom. The standard InChI is InChI=1S/C16H20/c1-12(2)15-10-9-13(3)16(11-15)14-7-5-4-6-8-14/h4-9,15-16H,1,10-11H2,2-3H3/t15-,16-/m0/s1. The SMILES string of the molecule is C=C(C)[C@H]1CC=C(C)[C@@H](c2ccccc2)C1. The molecular weight excluding hydrogens is 192 g/mol. The summed E-state index contributed by atoms with van der Waals surface area (Å²) in [4.78, 5) is 0. The summed E-state index contributed by atoms with van der Waals surface area (Å²) in [7, 11) is 0. The third kappa shape index (κ3) is 2.27. The summed E-state index contributed by atoms with van der Waals surface area (Å²) in [5, 5.41) is 0. The van der Waals surface area contributed by atoms with Crippen molar-refractivity contribution in [2.75, 3.05) is 0 Å². The molecule has 0 bridgehead atoms. The first kappa shape index (κ1) is 11.2. The highest BCUT2D eigenvalue weighted by Crippen LogP contribution is 2.38. The maximum absolute atomic E-state index is 4.10. The van der Waals surface area contributed by atoms with Gasteiger partial charge in [0.15, 0.2) is 0 Å². The van der Waals surface area contributed by atoms with Crippen LogP contribution >= 0.6 is 0 Å². The quantitative estimate of drug-likeness (QED) is 0.623. The molecule has 0 unspecified atom stereocenters. The lowest BCUT2D eigenvalue weighted by Crippen LogP contribution is -2.14. The summed E-state index contributed by atoms with van der Waals surface area (Å²) < 4.78 is 0. The van der Waals surface area contributed by atoms with Gasteiger partial charge in [-0.15, -0.1) is 0 Å². The van der Waals surface area contributed by atoms with Crippen LogP contribution in [0.15, 0.2) is 54.1 Å². The molecule has 84 valence electrons. The molecule has 2 rings (SSSR count). The second-order valence-corrected chi connectivity index (χ2v) is 4.93. The van der Waals surface area contributed by atoms with Gasteiger partial charge in [0.25, 0.3) is 0 Å². The lowest BCUT2D eigenvalue weighted by atomic mass is 9.76. The van der Waals surface area contributed by atoms with Crippen molar-refractivity contribution in [3.8, 4) is 0 Å². The van der Waals surface area contributed by atoms with E-state index in [1.54, 1.807) is 0 Å². The Kier molecular flexibility index (Phi) is 3.28. The Balaban J connectivity index is 2.24. The Bertz CT molecular complexity index is 397. The Labute approximate surface area is 98.7 Å². The molecule has 0 amide bonds. The van der Waals surface area contributed by atoms with E-state index >= 15 is 0 Å². The fourth-order valence-electron chi connectivity index (χ4n) is 2.52. The predicted molar refractivity (Wildman–Crippen MR) is 70.5 cm³/mol. The molecule has 1 aromatic carbocycles. The van der Waals surface area contributed by atoms with Crippen molar-refractivity contribution >= 4 is 0 Å². The van der Waals surface area contributed by atoms with E-state index in [0.29, 0.717) is 11.8 Å². The predicted octanol–water partition coefficient (Wildman–Crippen LogP) is 4.70. The van der Waals surface area contributed by atoms with Gasteiger partial charge >= 0.3 is 0 Å². The first-order chi connectivity index (χ1) is 7.68. The highest BCUT2D eigenvalue weighted by Gasteiger charge is 2.23. The maximum Gasteiger partial charge on any atom is 0.00511 e. The van der Waals surface area contributed by atoms with Crippen LogP contribution in [-0.2, 0) is 0 Å². The molecule has 0 heterocycles. The van der Waals surface area contributed by atoms with Gasteiger partial charge in [0.1, 0.15) is 0 Å². The highest BCUT2D eigenvalue weighted by molar-refractivity contribution is 5.30. The molecule has 2 atom stereocenters. The van der Waals surface area contributed by atoms with Gasteiger partial charge in [-0.2, -0.15) is 0 Å². The van der Waals surface area contributed by atoms with Crippen LogP contribution < -0.4 is 0 Å². The molecule has 0 nitrogen and oxygen atoms in total. The number of benzene rings is 1. The van der Waals surface area contributed by atoms with Crippen molar-refractivity contribution in [2.24, 2.45) is 5.92 Å². The number of allylic oxidation sites excluding steroid dienone is 3. The molecule has 0 fully saturated rings. The zero-order valence-electron chi connectivity index (χ0n) is 10.2. The number of hydrogen-bond acceptors (Lipinski definition) is 0. The Hall–Kier alpha value is -1.30. The van der Waals surface area contributed by atoms with Gasteiger partial charge in [0, 0.05) is 5.92 Å². The van der Waals surface area contributed by atoms with Crippen LogP contribution in [0, 0.1) is 5.92 Å². The van der Waals surface area contributed by atoms with Crippen LogP contribution in [-0.4, -0.2) is 0 Å². The van der Waals surface area contributed by atoms with E-state index in [1.165, 1.54) is 29.6 Å². The number of hydrogen-bond donors (Lipinski definition) is 0. The summed E-state index contributed by atoms with van der Waals surface area (Å²) in [5.41, 5.74) is 4.29. The van der Waals surface area contributed by atoms with Crippen molar-refractivity contribution in [1.82, 2.24) is 0 Å². The van der Waals surface area contributed by atoms with Crippen molar-refractivity contribution < 1.29 is 0 Å². The fraction of sp³-hybridized carbons (Fsp3) is 0.375. The molecule has 0 radical (unpaired) electrons. The highest BCUT2D eigenvalue weighted by atomic mass is 14.3. The second kappa shape index (κ2) is 4.69. The van der Waals surface area contributed by atoms with E-state index in [2.05, 4.69) is 56.8 Å². The first-order valence-electron chi connectivity index (χ1n) is 6.05. The minimum atomic E-state index is 0.594. The average molecular weight is 212 g/mol. The van der Waals surface area contributed by atoms with Gasteiger partial charge in [0.2, 0.25) is 0 Å². The molecule has 0 aromatic heterocycles. The monoisotopic (exact) mass is 212 g/mol. The van der Waals surface area contributed by atoms with E-state index < -0.39 is 0 Å². The first-order valence-corrected chi connectivity index (χ1v) is 6.05. The molecule has 1 aliphatic carbocycles. The average Bonchev–Trinajstić information content (AvgIpc) is 2.30. The molecule has 1 aromatic rings. The zero-order valence-corrected chi connectivity index (χ0v) is 10.2. The van der Waals surface area contributed by atoms with Gasteiger partial charge in [-0.3, -0.25) is 0 Å². The lowest BCUT2D eigenvalue weighted by molar-refractivity contribution is 0.496. The number of rotatable bonds is 2. The van der Waals surface area contributed by atoms with Gasteiger partial charge in [0.05, 0.1) is 0 Å². The fourth-order valence-corrected chi connectivity index (χ4v) is 2.52. The summed E-state index contributed by atoms with van der Waals surface area (Å²) in [6.45, 7) is 8.51. The van der Waals surface area contributed by atoms with Crippen molar-refractivity contribution in [2.45, 2.75) is 32.6 Å². The summed E-state index contributed by atoms with van der Waals surface area (Å²) in [6, 6.07) is 10.8. The van der Waals surface area contributed by atoms with Crippen LogP contribution in [0.4, 0.5) is 0 Å². The van der Waals surface area contributed by atoms with Crippen LogP contribution in [0.2, 0.25) is 0 Å². The van der Waals surface area contributed by atoms with Gasteiger partial charge in [-0.05, 0) is 38.2 Å². The van der Waals surface area contributed by atoms with E-state index in [0.717, 1.165) is 0 Å². The normalized spacial score (nSPS) is 25.0. The third-order valence-electron chi connectivity index (χ3n) is 3.69. The van der Waals surface area contributed by atoms with Crippen LogP contribution in [0.5, 0.6) is 0 Å². The summed E-state index contributed by atoms with van der Waals surface area (Å²) in [5.74, 6) is 1.26. The lowest BCUT2D eigenvalue weighted by Gasteiger charge is -2.29. The van der Waals surface area contributed by atoms with Crippen molar-refractivity contribution in [1.29, 1.82) is 0 Å². The van der Waals surface area contributed by atoms with E-state index in [1.807, 2.05) is 0 Å². The molecule has 0 saturated carbocycles. The molecule has 16 heavy (non-hydrogen) atoms. The Morgan fingerprint density at radius 1 is 1.25 bits per heavy atom. The van der Waals surface area contributed by atoms with Crippen molar-refractivity contribution in [3.05, 3.63) is 59.7 Å². The van der Waals surface area contributed by atoms with Crippen LogP contribution in [0.1, 0.15) is 38.2 Å². The molecule has 0 heteroatoms. The van der Waals surface area contributed by atoms with Crippen molar-refractivity contribution in [3.63, 3.8) is 0 Å². The molecular formula is C16H20. The zero-order chi connectivity index (χ0) is 11.5. The maximum atomic E-state index is 4.10. The topological polar surface area (TPSA) is 0 Å². The summed E-state index contributed by atoms with van der Waals surface area (Å²) in [6.07, 6.45) is 4.78. The minimum Gasteiger partial charge on any atom is -0.0998 e. The molecule has 0 saturated heterocycles. The van der Waals surface area contributed by atoms with Crippen LogP contribution in [0.25, 0.3) is 0 Å².